The zero-order valence-electron chi connectivity index (χ0n) is 16.4. The van der Waals surface area contributed by atoms with Crippen LogP contribution in [0.1, 0.15) is 71.0 Å². The van der Waals surface area contributed by atoms with Crippen LogP contribution in [0.4, 0.5) is 0 Å². The molecule has 134 valence electrons. The van der Waals surface area contributed by atoms with E-state index in [1.54, 1.807) is 0 Å². The van der Waals surface area contributed by atoms with Gasteiger partial charge in [-0.1, -0.05) is 89.8 Å². The highest BCUT2D eigenvalue weighted by Gasteiger charge is 2.40. The Labute approximate surface area is 150 Å². The predicted molar refractivity (Wildman–Crippen MR) is 108 cm³/mol. The van der Waals surface area contributed by atoms with E-state index in [1.165, 1.54) is 43.2 Å². The Bertz CT molecular complexity index is 521. The maximum Gasteiger partial charge on any atom is 0.193 e. The van der Waals surface area contributed by atoms with E-state index in [-0.39, 0.29) is 11.1 Å². The second-order valence-electron chi connectivity index (χ2n) is 9.04. The second kappa shape index (κ2) is 8.01. The summed E-state index contributed by atoms with van der Waals surface area (Å²) in [7, 11) is -1.84. The van der Waals surface area contributed by atoms with E-state index in [9.17, 15) is 0 Å². The average molecular weight is 345 g/mol. The first-order chi connectivity index (χ1) is 11.2. The third kappa shape index (κ3) is 5.06. The van der Waals surface area contributed by atoms with Crippen molar-refractivity contribution in [3.05, 3.63) is 48.0 Å². The van der Waals surface area contributed by atoms with Gasteiger partial charge in [-0.25, -0.2) is 0 Å². The highest BCUT2D eigenvalue weighted by atomic mass is 28.4. The van der Waals surface area contributed by atoms with Crippen LogP contribution in [0.5, 0.6) is 0 Å². The summed E-state index contributed by atoms with van der Waals surface area (Å²) in [6.07, 6.45) is 8.07. The summed E-state index contributed by atoms with van der Waals surface area (Å²) >= 11 is 0. The summed E-state index contributed by atoms with van der Waals surface area (Å²) < 4.78 is 6.83. The highest BCUT2D eigenvalue weighted by molar-refractivity contribution is 6.74. The molecule has 24 heavy (non-hydrogen) atoms. The Balaban J connectivity index is 2.18. The molecular weight excluding hydrogens is 308 g/mol. The van der Waals surface area contributed by atoms with Crippen molar-refractivity contribution in [3.8, 4) is 0 Å². The van der Waals surface area contributed by atoms with E-state index in [0.29, 0.717) is 0 Å². The lowest BCUT2D eigenvalue weighted by Crippen LogP contribution is -2.42. The van der Waals surface area contributed by atoms with Gasteiger partial charge < -0.3 is 4.43 Å². The zero-order valence-corrected chi connectivity index (χ0v) is 17.4. The van der Waals surface area contributed by atoms with Crippen LogP contribution in [0.2, 0.25) is 18.1 Å². The second-order valence-corrected chi connectivity index (χ2v) is 13.8. The minimum atomic E-state index is -1.84. The summed E-state index contributed by atoms with van der Waals surface area (Å²) in [4.78, 5) is 0. The Morgan fingerprint density at radius 2 is 1.71 bits per heavy atom. The van der Waals surface area contributed by atoms with Crippen LogP contribution in [0.25, 0.3) is 0 Å². The number of hydrogen-bond acceptors (Lipinski definition) is 1. The summed E-state index contributed by atoms with van der Waals surface area (Å²) in [5, 5.41) is 0.213. The fourth-order valence-electron chi connectivity index (χ4n) is 3.36. The average Bonchev–Trinajstić information content (AvgIpc) is 2.53. The van der Waals surface area contributed by atoms with E-state index in [4.69, 9.17) is 4.43 Å². The molecule has 0 bridgehead atoms. The molecule has 1 unspecified atom stereocenters. The van der Waals surface area contributed by atoms with Crippen molar-refractivity contribution in [2.75, 3.05) is 0 Å². The lowest BCUT2D eigenvalue weighted by atomic mass is 9.83. The fraction of sp³-hybridized carbons (Fsp3) is 0.636. The first-order valence-electron chi connectivity index (χ1n) is 9.61. The number of benzene rings is 1. The highest BCUT2D eigenvalue weighted by Crippen LogP contribution is 2.43. The molecule has 1 fully saturated rings. The largest absolute Gasteiger partial charge is 0.406 e. The molecule has 1 aromatic carbocycles. The maximum atomic E-state index is 6.83. The fourth-order valence-corrected chi connectivity index (χ4v) is 4.60. The van der Waals surface area contributed by atoms with Gasteiger partial charge in [-0.3, -0.25) is 0 Å². The molecule has 1 saturated carbocycles. The molecule has 2 heteroatoms. The summed E-state index contributed by atoms with van der Waals surface area (Å²) in [6.45, 7) is 16.1. The SMILES string of the molecule is C=C(CC1CCCCC1)C(O[Si](C)(C)C(C)(C)C)c1ccccc1. The predicted octanol–water partition coefficient (Wildman–Crippen LogP) is 7.28. The zero-order chi connectivity index (χ0) is 17.8. The van der Waals surface area contributed by atoms with E-state index in [2.05, 4.69) is 70.8 Å². The van der Waals surface area contributed by atoms with Crippen LogP contribution in [0.15, 0.2) is 42.5 Å². The topological polar surface area (TPSA) is 9.23 Å². The van der Waals surface area contributed by atoms with Gasteiger partial charge in [0.15, 0.2) is 8.32 Å². The van der Waals surface area contributed by atoms with Gasteiger partial charge in [0.1, 0.15) is 0 Å². The van der Waals surface area contributed by atoms with Crippen LogP contribution in [0.3, 0.4) is 0 Å². The molecule has 0 N–H and O–H groups in total. The van der Waals surface area contributed by atoms with Crippen molar-refractivity contribution in [2.24, 2.45) is 5.92 Å². The summed E-state index contributed by atoms with van der Waals surface area (Å²) in [5.74, 6) is 0.806. The van der Waals surface area contributed by atoms with Gasteiger partial charge in [-0.2, -0.15) is 0 Å². The van der Waals surface area contributed by atoms with Crippen LogP contribution in [-0.4, -0.2) is 8.32 Å². The molecule has 0 amide bonds. The quantitative estimate of drug-likeness (QED) is 0.389. The van der Waals surface area contributed by atoms with Gasteiger partial charge in [-0.15, -0.1) is 0 Å². The minimum absolute atomic E-state index is 0.0500. The molecule has 1 nitrogen and oxygen atoms in total. The normalized spacial score (nSPS) is 18.4. The van der Waals surface area contributed by atoms with Crippen LogP contribution < -0.4 is 0 Å². The van der Waals surface area contributed by atoms with E-state index in [1.807, 2.05) is 0 Å². The van der Waals surface area contributed by atoms with Gasteiger partial charge >= 0.3 is 0 Å². The van der Waals surface area contributed by atoms with Crippen LogP contribution >= 0.6 is 0 Å². The van der Waals surface area contributed by atoms with Crippen LogP contribution in [0, 0.1) is 5.92 Å². The van der Waals surface area contributed by atoms with Crippen molar-refractivity contribution >= 4 is 8.32 Å². The Hall–Kier alpha value is -0.863. The van der Waals surface area contributed by atoms with Crippen molar-refractivity contribution in [2.45, 2.75) is 83.5 Å². The van der Waals surface area contributed by atoms with Gasteiger partial charge in [0.05, 0.1) is 6.10 Å². The maximum absolute atomic E-state index is 6.83. The minimum Gasteiger partial charge on any atom is -0.406 e. The smallest absolute Gasteiger partial charge is 0.193 e. The molecule has 1 aliphatic rings. The van der Waals surface area contributed by atoms with E-state index in [0.717, 1.165) is 12.3 Å². The first kappa shape index (κ1) is 19.5. The monoisotopic (exact) mass is 344 g/mol. The van der Waals surface area contributed by atoms with Crippen LogP contribution in [-0.2, 0) is 4.43 Å². The van der Waals surface area contributed by atoms with Crippen molar-refractivity contribution < 1.29 is 4.43 Å². The van der Waals surface area contributed by atoms with Crippen molar-refractivity contribution in [1.29, 1.82) is 0 Å². The summed E-state index contributed by atoms with van der Waals surface area (Å²) in [6, 6.07) is 10.7. The Morgan fingerprint density at radius 3 is 2.25 bits per heavy atom. The molecule has 0 spiro atoms. The molecule has 0 heterocycles. The molecule has 0 saturated heterocycles. The standard InChI is InChI=1S/C22H36OSi/c1-18(17-19-13-9-7-10-14-19)21(20-15-11-8-12-16-20)23-24(5,6)22(2,3)4/h8,11-12,15-16,19,21H,1,7,9-10,13-14,17H2,2-6H3. The molecule has 1 aliphatic carbocycles. The van der Waals surface area contributed by atoms with Gasteiger partial charge in [0, 0.05) is 0 Å². The van der Waals surface area contributed by atoms with Crippen molar-refractivity contribution in [3.63, 3.8) is 0 Å². The van der Waals surface area contributed by atoms with E-state index >= 15 is 0 Å². The van der Waals surface area contributed by atoms with Crippen molar-refractivity contribution in [1.82, 2.24) is 0 Å². The summed E-state index contributed by atoms with van der Waals surface area (Å²) in [5.41, 5.74) is 2.54. The lowest BCUT2D eigenvalue weighted by molar-refractivity contribution is 0.206. The molecule has 1 atom stereocenters. The van der Waals surface area contributed by atoms with E-state index < -0.39 is 8.32 Å². The van der Waals surface area contributed by atoms with Gasteiger partial charge in [0.2, 0.25) is 0 Å². The molecule has 1 aromatic rings. The number of hydrogen-bond donors (Lipinski definition) is 0. The van der Waals surface area contributed by atoms with Gasteiger partial charge in [0.25, 0.3) is 0 Å². The number of rotatable bonds is 6. The lowest BCUT2D eigenvalue weighted by Gasteiger charge is -2.40. The molecule has 0 aliphatic heterocycles. The van der Waals surface area contributed by atoms with Gasteiger partial charge in [-0.05, 0) is 41.6 Å². The molecule has 0 aromatic heterocycles. The molecule has 0 radical (unpaired) electrons. The first-order valence-corrected chi connectivity index (χ1v) is 12.5. The Morgan fingerprint density at radius 1 is 1.12 bits per heavy atom. The third-order valence-electron chi connectivity index (χ3n) is 5.97. The third-order valence-corrected chi connectivity index (χ3v) is 10.4. The molecule has 2 rings (SSSR count). The Kier molecular flexibility index (Phi) is 6.50. The molecular formula is C22H36OSi.